The largest absolute Gasteiger partial charge is 0.495 e. The minimum atomic E-state index is -4.19. The number of methoxy groups -OCH3 is 1. The van der Waals surface area contributed by atoms with E-state index in [4.69, 9.17) is 10.5 Å². The van der Waals surface area contributed by atoms with Crippen LogP contribution in [0.3, 0.4) is 0 Å². The summed E-state index contributed by atoms with van der Waals surface area (Å²) in [7, 11) is -2.80. The molecule has 3 aromatic carbocycles. The van der Waals surface area contributed by atoms with Gasteiger partial charge in [-0.3, -0.25) is 4.79 Å². The van der Waals surface area contributed by atoms with Crippen LogP contribution in [0.1, 0.15) is 36.7 Å². The number of nitrogens with two attached hydrogens (primary N) is 1. The summed E-state index contributed by atoms with van der Waals surface area (Å²) in [6.45, 7) is 5.93. The molecule has 1 heterocycles. The molecule has 0 aliphatic heterocycles. The molecule has 4 aromatic rings. The van der Waals surface area contributed by atoms with E-state index in [0.717, 1.165) is 22.0 Å². The summed E-state index contributed by atoms with van der Waals surface area (Å²) in [5, 5.41) is 5.83. The second-order valence-corrected chi connectivity index (χ2v) is 10.6. The SMILES string of the molecule is COc1ccc(C(C)(C)C)cc1S(=O)(=O)NC(=O)c1ccc2c(-n3cc(N)cn3)cccc2c1. The van der Waals surface area contributed by atoms with Crippen molar-refractivity contribution < 1.29 is 17.9 Å². The van der Waals surface area contributed by atoms with Gasteiger partial charge in [0, 0.05) is 10.9 Å². The highest BCUT2D eigenvalue weighted by molar-refractivity contribution is 7.90. The molecule has 0 radical (unpaired) electrons. The number of nitrogens with one attached hydrogen (secondary N) is 1. The molecule has 8 nitrogen and oxygen atoms in total. The van der Waals surface area contributed by atoms with Gasteiger partial charge in [0.2, 0.25) is 0 Å². The van der Waals surface area contributed by atoms with Crippen LogP contribution in [0.25, 0.3) is 16.5 Å². The predicted octanol–water partition coefficient (Wildman–Crippen LogP) is 4.03. The number of sulfonamides is 1. The zero-order valence-corrected chi connectivity index (χ0v) is 20.2. The molecule has 0 bridgehead atoms. The van der Waals surface area contributed by atoms with Gasteiger partial charge in [0.15, 0.2) is 0 Å². The smallest absolute Gasteiger partial charge is 0.268 e. The Balaban J connectivity index is 1.68. The maximum Gasteiger partial charge on any atom is 0.268 e. The van der Waals surface area contributed by atoms with Crippen LogP contribution in [0.2, 0.25) is 0 Å². The lowest BCUT2D eigenvalue weighted by Gasteiger charge is -2.21. The summed E-state index contributed by atoms with van der Waals surface area (Å²) in [4.78, 5) is 12.9. The number of ether oxygens (including phenoxy) is 1. The van der Waals surface area contributed by atoms with E-state index in [1.165, 1.54) is 13.2 Å². The molecule has 1 amide bonds. The Morgan fingerprint density at radius 2 is 1.85 bits per heavy atom. The number of carbonyl (C=O) groups is 1. The topological polar surface area (TPSA) is 116 Å². The van der Waals surface area contributed by atoms with Crippen molar-refractivity contribution in [2.75, 3.05) is 12.8 Å². The van der Waals surface area contributed by atoms with Crippen molar-refractivity contribution in [1.29, 1.82) is 0 Å². The third-order valence-electron chi connectivity index (χ3n) is 5.52. The van der Waals surface area contributed by atoms with E-state index in [0.29, 0.717) is 5.69 Å². The highest BCUT2D eigenvalue weighted by Gasteiger charge is 2.26. The standard InChI is InChI=1S/C25H26N4O4S/c1-25(2,3)18-9-11-22(33-4)23(13-18)34(31,32)28-24(30)17-8-10-20-16(12-17)6-5-7-21(20)29-15-19(26)14-27-29/h5-15H,26H2,1-4H3,(H,28,30). The quantitative estimate of drug-likeness (QED) is 0.447. The lowest BCUT2D eigenvalue weighted by atomic mass is 9.87. The fourth-order valence-corrected chi connectivity index (χ4v) is 4.84. The summed E-state index contributed by atoms with van der Waals surface area (Å²) in [6, 6.07) is 15.5. The third-order valence-corrected chi connectivity index (χ3v) is 6.87. The molecular formula is C25H26N4O4S. The lowest BCUT2D eigenvalue weighted by Crippen LogP contribution is -2.31. The van der Waals surface area contributed by atoms with Gasteiger partial charge in [-0.2, -0.15) is 5.10 Å². The zero-order valence-electron chi connectivity index (χ0n) is 19.4. The van der Waals surface area contributed by atoms with Crippen molar-refractivity contribution in [1.82, 2.24) is 14.5 Å². The van der Waals surface area contributed by atoms with Gasteiger partial charge < -0.3 is 10.5 Å². The van der Waals surface area contributed by atoms with Crippen molar-refractivity contribution in [2.24, 2.45) is 0 Å². The van der Waals surface area contributed by atoms with E-state index in [-0.39, 0.29) is 21.6 Å². The number of aromatic nitrogens is 2. The maximum absolute atomic E-state index is 13.1. The summed E-state index contributed by atoms with van der Waals surface area (Å²) in [5.74, 6) is -0.575. The molecule has 0 unspecified atom stereocenters. The molecule has 0 aliphatic rings. The number of anilines is 1. The average Bonchev–Trinajstić information content (AvgIpc) is 3.23. The average molecular weight is 479 g/mol. The van der Waals surface area contributed by atoms with Crippen LogP contribution in [-0.4, -0.2) is 31.2 Å². The second kappa shape index (κ2) is 8.49. The first kappa shape index (κ1) is 23.3. The van der Waals surface area contributed by atoms with Gasteiger partial charge >= 0.3 is 0 Å². The molecule has 0 saturated carbocycles. The fraction of sp³-hybridized carbons (Fsp3) is 0.200. The lowest BCUT2D eigenvalue weighted by molar-refractivity contribution is 0.0981. The molecule has 0 spiro atoms. The summed E-state index contributed by atoms with van der Waals surface area (Å²) >= 11 is 0. The Kier molecular flexibility index (Phi) is 5.82. The van der Waals surface area contributed by atoms with Gasteiger partial charge in [-0.15, -0.1) is 0 Å². The molecule has 3 N–H and O–H groups in total. The molecule has 0 fully saturated rings. The first-order valence-corrected chi connectivity index (χ1v) is 12.1. The number of nitrogens with zero attached hydrogens (tertiary/aromatic N) is 2. The van der Waals surface area contributed by atoms with Crippen LogP contribution in [0.4, 0.5) is 5.69 Å². The number of amides is 1. The Morgan fingerprint density at radius 1 is 1.09 bits per heavy atom. The first-order valence-electron chi connectivity index (χ1n) is 10.6. The zero-order chi connectivity index (χ0) is 24.7. The van der Waals surface area contributed by atoms with Gasteiger partial charge in [-0.05, 0) is 46.7 Å². The van der Waals surface area contributed by atoms with Crippen LogP contribution in [0.15, 0.2) is 71.9 Å². The van der Waals surface area contributed by atoms with Gasteiger partial charge in [-0.1, -0.05) is 45.0 Å². The third kappa shape index (κ3) is 4.47. The van der Waals surface area contributed by atoms with Crippen LogP contribution < -0.4 is 15.2 Å². The number of carbonyl (C=O) groups excluding carboxylic acids is 1. The van der Waals surface area contributed by atoms with E-state index < -0.39 is 15.9 Å². The molecule has 1 aromatic heterocycles. The monoisotopic (exact) mass is 478 g/mol. The number of nitrogen functional groups attached to an aromatic ring is 1. The molecule has 176 valence electrons. The van der Waals surface area contributed by atoms with E-state index in [1.807, 2.05) is 45.0 Å². The van der Waals surface area contributed by atoms with Crippen molar-refractivity contribution >= 4 is 32.4 Å². The number of hydrogen-bond donors (Lipinski definition) is 2. The fourth-order valence-electron chi connectivity index (χ4n) is 3.67. The van der Waals surface area contributed by atoms with Crippen molar-refractivity contribution in [3.63, 3.8) is 0 Å². The van der Waals surface area contributed by atoms with Gasteiger partial charge in [0.05, 0.1) is 30.9 Å². The number of hydrogen-bond acceptors (Lipinski definition) is 6. The van der Waals surface area contributed by atoms with Crippen molar-refractivity contribution in [3.8, 4) is 11.4 Å². The molecule has 0 aliphatic carbocycles. The molecule has 9 heteroatoms. The highest BCUT2D eigenvalue weighted by atomic mass is 32.2. The van der Waals surface area contributed by atoms with Crippen LogP contribution in [-0.2, 0) is 15.4 Å². The molecule has 0 saturated heterocycles. The van der Waals surface area contributed by atoms with Gasteiger partial charge in [0.25, 0.3) is 15.9 Å². The summed E-state index contributed by atoms with van der Waals surface area (Å²) in [6.07, 6.45) is 3.25. The van der Waals surface area contributed by atoms with Crippen LogP contribution in [0, 0.1) is 0 Å². The van der Waals surface area contributed by atoms with E-state index in [2.05, 4.69) is 9.82 Å². The Hall–Kier alpha value is -3.85. The molecular weight excluding hydrogens is 452 g/mol. The molecule has 4 rings (SSSR count). The Labute approximate surface area is 198 Å². The second-order valence-electron chi connectivity index (χ2n) is 8.98. The molecule has 0 atom stereocenters. The first-order chi connectivity index (χ1) is 16.0. The summed E-state index contributed by atoms with van der Waals surface area (Å²) < 4.78 is 35.4. The predicted molar refractivity (Wildman–Crippen MR) is 132 cm³/mol. The normalized spacial score (nSPS) is 12.0. The van der Waals surface area contributed by atoms with E-state index in [1.54, 1.807) is 41.3 Å². The number of benzene rings is 3. The van der Waals surface area contributed by atoms with Crippen LogP contribution >= 0.6 is 0 Å². The number of fused-ring (bicyclic) bond motifs is 1. The van der Waals surface area contributed by atoms with Crippen LogP contribution in [0.5, 0.6) is 5.75 Å². The van der Waals surface area contributed by atoms with E-state index >= 15 is 0 Å². The summed E-state index contributed by atoms with van der Waals surface area (Å²) in [5.41, 5.74) is 7.83. The minimum Gasteiger partial charge on any atom is -0.495 e. The van der Waals surface area contributed by atoms with Crippen molar-refractivity contribution in [2.45, 2.75) is 31.1 Å². The van der Waals surface area contributed by atoms with Gasteiger partial charge in [0.1, 0.15) is 10.6 Å². The number of rotatable bonds is 5. The van der Waals surface area contributed by atoms with Crippen molar-refractivity contribution in [3.05, 3.63) is 78.1 Å². The highest BCUT2D eigenvalue weighted by Crippen LogP contribution is 2.31. The Morgan fingerprint density at radius 3 is 2.50 bits per heavy atom. The minimum absolute atomic E-state index is 0.0879. The van der Waals surface area contributed by atoms with E-state index in [9.17, 15) is 13.2 Å². The maximum atomic E-state index is 13.1. The molecule has 34 heavy (non-hydrogen) atoms. The van der Waals surface area contributed by atoms with Gasteiger partial charge in [-0.25, -0.2) is 17.8 Å². The Bertz CT molecular complexity index is 1500.